The second kappa shape index (κ2) is 29.7. The number of hydrogen-bond donors (Lipinski definition) is 2. The van der Waals surface area contributed by atoms with Gasteiger partial charge in [-0.25, -0.2) is 0 Å². The molecule has 0 amide bonds. The minimum Gasteiger partial charge on any atom is -0.400 e. The maximum absolute atomic E-state index is 7.00. The highest BCUT2D eigenvalue weighted by Gasteiger charge is 1.75. The second-order valence-corrected chi connectivity index (χ2v) is 2.66. The summed E-state index contributed by atoms with van der Waals surface area (Å²) in [5, 5.41) is 10.1. The van der Waals surface area contributed by atoms with Gasteiger partial charge in [0.2, 0.25) is 0 Å². The molecule has 0 bridgehead atoms. The van der Waals surface area contributed by atoms with Crippen molar-refractivity contribution in [3.05, 3.63) is 0 Å². The van der Waals surface area contributed by atoms with Crippen molar-refractivity contribution in [2.75, 3.05) is 20.2 Å². The zero-order valence-corrected chi connectivity index (χ0v) is 10.2. The van der Waals surface area contributed by atoms with Gasteiger partial charge in [-0.15, -0.1) is 0 Å². The molecule has 2 nitrogen and oxygen atoms in total. The first-order chi connectivity index (χ1) is 6.33. The molecule has 0 saturated carbocycles. The second-order valence-electron chi connectivity index (χ2n) is 2.66. The van der Waals surface area contributed by atoms with Gasteiger partial charge in [0.25, 0.3) is 0 Å². The van der Waals surface area contributed by atoms with Crippen LogP contribution >= 0.6 is 0 Å². The summed E-state index contributed by atoms with van der Waals surface area (Å²) in [6.07, 6.45) is 5.54. The lowest BCUT2D eigenvalue weighted by Crippen LogP contribution is -2.09. The molecule has 0 aliphatic rings. The molecule has 0 fully saturated rings. The summed E-state index contributed by atoms with van der Waals surface area (Å²) in [7, 11) is 1.00. The molecule has 2 N–H and O–H groups in total. The van der Waals surface area contributed by atoms with E-state index in [-0.39, 0.29) is 0 Å². The van der Waals surface area contributed by atoms with Crippen LogP contribution in [0.3, 0.4) is 0 Å². The van der Waals surface area contributed by atoms with E-state index >= 15 is 0 Å². The first-order valence-corrected chi connectivity index (χ1v) is 5.48. The van der Waals surface area contributed by atoms with Gasteiger partial charge >= 0.3 is 0 Å². The molecule has 0 aliphatic heterocycles. The highest BCUT2D eigenvalue weighted by molar-refractivity contribution is 4.31. The molecule has 84 valence electrons. The van der Waals surface area contributed by atoms with Gasteiger partial charge in [0.1, 0.15) is 0 Å². The molecule has 0 atom stereocenters. The van der Waals surface area contributed by atoms with E-state index in [9.17, 15) is 0 Å². The Morgan fingerprint density at radius 3 is 1.15 bits per heavy atom. The average Bonchev–Trinajstić information content (AvgIpc) is 2.20. The molecule has 0 unspecified atom stereocenters. The molecule has 0 heterocycles. The SMILES string of the molecule is CCCCCC.CCNCC.CO. The predicted molar refractivity (Wildman–Crippen MR) is 62.2 cm³/mol. The van der Waals surface area contributed by atoms with Crippen molar-refractivity contribution in [1.82, 2.24) is 5.32 Å². The number of unbranched alkanes of at least 4 members (excludes halogenated alkanes) is 3. The molecular weight excluding hydrogens is 162 g/mol. The lowest BCUT2D eigenvalue weighted by atomic mass is 10.2. The van der Waals surface area contributed by atoms with Crippen LogP contribution in [0.2, 0.25) is 0 Å². The summed E-state index contributed by atoms with van der Waals surface area (Å²) >= 11 is 0. The van der Waals surface area contributed by atoms with E-state index in [0.717, 1.165) is 20.2 Å². The minimum atomic E-state index is 1.00. The smallest absolute Gasteiger partial charge is 0.0319 e. The highest BCUT2D eigenvalue weighted by atomic mass is 16.2. The normalized spacial score (nSPS) is 7.85. The van der Waals surface area contributed by atoms with Crippen molar-refractivity contribution in [2.45, 2.75) is 53.4 Å². The first-order valence-electron chi connectivity index (χ1n) is 5.48. The Labute approximate surface area is 84.7 Å². The fourth-order valence-electron chi connectivity index (χ4n) is 0.750. The predicted octanol–water partition coefficient (Wildman–Crippen LogP) is 2.81. The van der Waals surface area contributed by atoms with Crippen LogP contribution < -0.4 is 5.32 Å². The van der Waals surface area contributed by atoms with Gasteiger partial charge in [-0.3, -0.25) is 0 Å². The number of aliphatic hydroxyl groups is 1. The van der Waals surface area contributed by atoms with Crippen LogP contribution in [0.25, 0.3) is 0 Å². The number of nitrogens with one attached hydrogen (secondary N) is 1. The molecule has 0 radical (unpaired) electrons. The fourth-order valence-corrected chi connectivity index (χ4v) is 0.750. The lowest BCUT2D eigenvalue weighted by molar-refractivity contribution is 0.399. The van der Waals surface area contributed by atoms with E-state index in [0.29, 0.717) is 0 Å². The number of hydrogen-bond acceptors (Lipinski definition) is 2. The molecule has 0 aromatic carbocycles. The molecule has 0 aromatic rings. The van der Waals surface area contributed by atoms with Crippen LogP contribution in [0.4, 0.5) is 0 Å². The zero-order chi connectivity index (χ0) is 10.9. The van der Waals surface area contributed by atoms with Crippen molar-refractivity contribution in [2.24, 2.45) is 0 Å². The van der Waals surface area contributed by atoms with Gasteiger partial charge in [0.05, 0.1) is 0 Å². The molecular formula is C11H29NO. The summed E-state index contributed by atoms with van der Waals surface area (Å²) in [6, 6.07) is 0. The van der Waals surface area contributed by atoms with Crippen molar-refractivity contribution < 1.29 is 5.11 Å². The number of aliphatic hydroxyl groups excluding tert-OH is 1. The Balaban J connectivity index is -0.000000131. The summed E-state index contributed by atoms with van der Waals surface area (Å²) in [6.45, 7) is 10.9. The standard InChI is InChI=1S/C6H14.C4H11N.CH4O/c1-3-5-6-4-2;1-3-5-4-2;1-2/h3-6H2,1-2H3;5H,3-4H2,1-2H3;2H,1H3. The molecule has 0 aromatic heterocycles. The highest BCUT2D eigenvalue weighted by Crippen LogP contribution is 1.95. The third-order valence-electron chi connectivity index (χ3n) is 1.46. The Bertz CT molecular complexity index is 43.4. The van der Waals surface area contributed by atoms with E-state index in [4.69, 9.17) is 5.11 Å². The van der Waals surface area contributed by atoms with Gasteiger partial charge < -0.3 is 10.4 Å². The van der Waals surface area contributed by atoms with Gasteiger partial charge in [0.15, 0.2) is 0 Å². The Morgan fingerprint density at radius 2 is 1.08 bits per heavy atom. The summed E-state index contributed by atoms with van der Waals surface area (Å²) in [5.41, 5.74) is 0. The van der Waals surface area contributed by atoms with E-state index in [2.05, 4.69) is 33.0 Å². The van der Waals surface area contributed by atoms with Crippen molar-refractivity contribution in [3.8, 4) is 0 Å². The Kier molecular flexibility index (Phi) is 42.6. The molecule has 13 heavy (non-hydrogen) atoms. The third kappa shape index (κ3) is 48.5. The summed E-state index contributed by atoms with van der Waals surface area (Å²) < 4.78 is 0. The van der Waals surface area contributed by atoms with Crippen LogP contribution in [0, 0.1) is 0 Å². The van der Waals surface area contributed by atoms with Gasteiger partial charge in [-0.2, -0.15) is 0 Å². The van der Waals surface area contributed by atoms with Crippen LogP contribution in [0.15, 0.2) is 0 Å². The van der Waals surface area contributed by atoms with Crippen LogP contribution in [0.5, 0.6) is 0 Å². The van der Waals surface area contributed by atoms with E-state index in [1.165, 1.54) is 25.7 Å². The molecule has 0 saturated heterocycles. The fraction of sp³-hybridized carbons (Fsp3) is 1.00. The quantitative estimate of drug-likeness (QED) is 0.655. The third-order valence-corrected chi connectivity index (χ3v) is 1.46. The maximum atomic E-state index is 7.00. The largest absolute Gasteiger partial charge is 0.400 e. The average molecular weight is 191 g/mol. The number of rotatable bonds is 5. The van der Waals surface area contributed by atoms with Gasteiger partial charge in [-0.05, 0) is 13.1 Å². The van der Waals surface area contributed by atoms with Crippen LogP contribution in [-0.2, 0) is 0 Å². The van der Waals surface area contributed by atoms with Crippen molar-refractivity contribution >= 4 is 0 Å². The molecule has 0 spiro atoms. The zero-order valence-electron chi connectivity index (χ0n) is 10.2. The summed E-state index contributed by atoms with van der Waals surface area (Å²) in [4.78, 5) is 0. The lowest BCUT2D eigenvalue weighted by Gasteiger charge is -1.86. The maximum Gasteiger partial charge on any atom is 0.0319 e. The first kappa shape index (κ1) is 18.7. The molecule has 2 heteroatoms. The monoisotopic (exact) mass is 191 g/mol. The van der Waals surface area contributed by atoms with E-state index in [1.54, 1.807) is 0 Å². The Morgan fingerprint density at radius 1 is 0.769 bits per heavy atom. The summed E-state index contributed by atoms with van der Waals surface area (Å²) in [5.74, 6) is 0. The topological polar surface area (TPSA) is 32.3 Å². The van der Waals surface area contributed by atoms with Crippen LogP contribution in [-0.4, -0.2) is 25.3 Å². The van der Waals surface area contributed by atoms with E-state index < -0.39 is 0 Å². The van der Waals surface area contributed by atoms with Crippen molar-refractivity contribution in [3.63, 3.8) is 0 Å². The molecule has 0 aliphatic carbocycles. The Hall–Kier alpha value is -0.0800. The molecule has 0 rings (SSSR count). The van der Waals surface area contributed by atoms with Crippen LogP contribution in [0.1, 0.15) is 53.4 Å². The van der Waals surface area contributed by atoms with Crippen molar-refractivity contribution in [1.29, 1.82) is 0 Å². The van der Waals surface area contributed by atoms with Gasteiger partial charge in [0, 0.05) is 7.11 Å². The van der Waals surface area contributed by atoms with E-state index in [1.807, 2.05) is 0 Å². The minimum absolute atomic E-state index is 1.00. The van der Waals surface area contributed by atoms with Gasteiger partial charge in [-0.1, -0.05) is 53.4 Å².